The lowest BCUT2D eigenvalue weighted by molar-refractivity contribution is 0.0932. The summed E-state index contributed by atoms with van der Waals surface area (Å²) in [7, 11) is -3.29. The number of carbonyl (C=O) groups is 1. The molecule has 1 N–H and O–H groups in total. The van der Waals surface area contributed by atoms with Crippen LogP contribution in [-0.4, -0.2) is 31.7 Å². The van der Waals surface area contributed by atoms with Gasteiger partial charge in [0.1, 0.15) is 0 Å². The number of piperidine rings is 1. The number of nitrogens with zero attached hydrogens (tertiary/aromatic N) is 1. The second-order valence-electron chi connectivity index (χ2n) is 8.03. The Morgan fingerprint density at radius 2 is 1.69 bits per heavy atom. The number of hydrogen-bond donors (Lipinski definition) is 1. The van der Waals surface area contributed by atoms with Gasteiger partial charge in [-0.05, 0) is 60.9 Å². The molecule has 2 aliphatic rings. The van der Waals surface area contributed by atoms with Crippen molar-refractivity contribution in [2.24, 2.45) is 0 Å². The molecular formula is C23H28N2O3S. The Labute approximate surface area is 173 Å². The molecular weight excluding hydrogens is 384 g/mol. The number of nitrogens with one attached hydrogen (secondary N) is 1. The fourth-order valence-corrected chi connectivity index (χ4v) is 5.95. The molecule has 2 aromatic rings. The van der Waals surface area contributed by atoms with E-state index < -0.39 is 10.0 Å². The van der Waals surface area contributed by atoms with E-state index in [4.69, 9.17) is 0 Å². The van der Waals surface area contributed by atoms with Gasteiger partial charge in [-0.2, -0.15) is 0 Å². The first kappa shape index (κ1) is 20.1. The molecule has 1 heterocycles. The summed E-state index contributed by atoms with van der Waals surface area (Å²) in [5, 5.41) is 3.15. The molecule has 1 atom stereocenters. The lowest BCUT2D eigenvalue weighted by atomic mass is 9.87. The van der Waals surface area contributed by atoms with Gasteiger partial charge in [0, 0.05) is 18.7 Å². The molecule has 1 aliphatic heterocycles. The largest absolute Gasteiger partial charge is 0.345 e. The van der Waals surface area contributed by atoms with Crippen LogP contribution in [-0.2, 0) is 22.2 Å². The second-order valence-corrected chi connectivity index (χ2v) is 10.00. The highest BCUT2D eigenvalue weighted by atomic mass is 32.2. The number of fused-ring (bicyclic) bond motifs is 1. The van der Waals surface area contributed by atoms with Gasteiger partial charge in [-0.3, -0.25) is 4.79 Å². The van der Waals surface area contributed by atoms with E-state index >= 15 is 0 Å². The number of amides is 1. The highest BCUT2D eigenvalue weighted by molar-refractivity contribution is 7.88. The van der Waals surface area contributed by atoms with Crippen LogP contribution < -0.4 is 5.32 Å². The Bertz CT molecular complexity index is 964. The summed E-state index contributed by atoms with van der Waals surface area (Å²) in [6.45, 7) is 1.23. The topological polar surface area (TPSA) is 66.5 Å². The van der Waals surface area contributed by atoms with Gasteiger partial charge in [0.15, 0.2) is 0 Å². The first-order valence-electron chi connectivity index (χ1n) is 10.5. The van der Waals surface area contributed by atoms with Crippen LogP contribution in [0.1, 0.15) is 65.2 Å². The fraction of sp³-hybridized carbons (Fsp3) is 0.435. The van der Waals surface area contributed by atoms with Crippen molar-refractivity contribution in [1.29, 1.82) is 0 Å². The number of carbonyl (C=O) groups excluding carboxylic acids is 1. The van der Waals surface area contributed by atoms with Crippen molar-refractivity contribution in [3.63, 3.8) is 0 Å². The van der Waals surface area contributed by atoms with Crippen molar-refractivity contribution in [3.05, 3.63) is 70.8 Å². The standard InChI is InChI=1S/C23H28N2O3S/c26-23(24-22-10-6-8-19-7-2-3-9-21(19)22)20-13-11-18(12-14-20)17-29(27,28)25-15-4-1-5-16-25/h2-3,7,9,11-14,22H,1,4-6,8,10,15-17H2,(H,24,26)/t22-/m0/s1. The van der Waals surface area contributed by atoms with E-state index in [0.29, 0.717) is 18.7 Å². The maximum atomic E-state index is 12.7. The Morgan fingerprint density at radius 1 is 0.966 bits per heavy atom. The lowest BCUT2D eigenvalue weighted by Gasteiger charge is -2.26. The molecule has 1 aliphatic carbocycles. The second kappa shape index (κ2) is 8.67. The third-order valence-corrected chi connectivity index (χ3v) is 7.80. The Balaban J connectivity index is 1.41. The van der Waals surface area contributed by atoms with E-state index in [9.17, 15) is 13.2 Å². The minimum Gasteiger partial charge on any atom is -0.345 e. The zero-order valence-electron chi connectivity index (χ0n) is 16.6. The number of hydrogen-bond acceptors (Lipinski definition) is 3. The van der Waals surface area contributed by atoms with Crippen LogP contribution >= 0.6 is 0 Å². The monoisotopic (exact) mass is 412 g/mol. The van der Waals surface area contributed by atoms with Crippen LogP contribution in [0.2, 0.25) is 0 Å². The molecule has 0 spiro atoms. The summed E-state index contributed by atoms with van der Waals surface area (Å²) in [6.07, 6.45) is 6.03. The first-order chi connectivity index (χ1) is 14.0. The zero-order chi connectivity index (χ0) is 20.3. The molecule has 5 nitrogen and oxygen atoms in total. The van der Waals surface area contributed by atoms with Gasteiger partial charge >= 0.3 is 0 Å². The summed E-state index contributed by atoms with van der Waals surface area (Å²) < 4.78 is 26.8. The van der Waals surface area contributed by atoms with E-state index in [-0.39, 0.29) is 17.7 Å². The van der Waals surface area contributed by atoms with Gasteiger partial charge in [0.2, 0.25) is 10.0 Å². The van der Waals surface area contributed by atoms with Gasteiger partial charge < -0.3 is 5.32 Å². The van der Waals surface area contributed by atoms with E-state index in [2.05, 4.69) is 17.4 Å². The van der Waals surface area contributed by atoms with Crippen LogP contribution in [0.15, 0.2) is 48.5 Å². The fourth-order valence-electron chi connectivity index (χ4n) is 4.34. The maximum absolute atomic E-state index is 12.7. The number of sulfonamides is 1. The zero-order valence-corrected chi connectivity index (χ0v) is 17.5. The van der Waals surface area contributed by atoms with Gasteiger partial charge in [-0.1, -0.05) is 42.8 Å². The molecule has 0 bridgehead atoms. The molecule has 0 radical (unpaired) electrons. The quantitative estimate of drug-likeness (QED) is 0.812. The molecule has 29 heavy (non-hydrogen) atoms. The first-order valence-corrected chi connectivity index (χ1v) is 12.1. The summed E-state index contributed by atoms with van der Waals surface area (Å²) >= 11 is 0. The third kappa shape index (κ3) is 4.70. The predicted octanol–water partition coefficient (Wildman–Crippen LogP) is 3.81. The Hall–Kier alpha value is -2.18. The van der Waals surface area contributed by atoms with Crippen molar-refractivity contribution in [2.45, 2.75) is 50.3 Å². The summed E-state index contributed by atoms with van der Waals surface area (Å²) in [5.74, 6) is -0.123. The molecule has 1 fully saturated rings. The molecule has 6 heteroatoms. The summed E-state index contributed by atoms with van der Waals surface area (Å²) in [6, 6.07) is 15.3. The van der Waals surface area contributed by atoms with Crippen LogP contribution in [0.25, 0.3) is 0 Å². The van der Waals surface area contributed by atoms with Gasteiger partial charge in [-0.25, -0.2) is 12.7 Å². The van der Waals surface area contributed by atoms with Crippen molar-refractivity contribution in [1.82, 2.24) is 9.62 Å². The highest BCUT2D eigenvalue weighted by Crippen LogP contribution is 2.29. The maximum Gasteiger partial charge on any atom is 0.251 e. The normalized spacial score (nSPS) is 20.1. The smallest absolute Gasteiger partial charge is 0.251 e. The summed E-state index contributed by atoms with van der Waals surface area (Å²) in [4.78, 5) is 12.7. The van der Waals surface area contributed by atoms with Gasteiger partial charge in [0.05, 0.1) is 11.8 Å². The van der Waals surface area contributed by atoms with Crippen LogP contribution in [0.4, 0.5) is 0 Å². The molecule has 1 amide bonds. The Morgan fingerprint density at radius 3 is 2.45 bits per heavy atom. The van der Waals surface area contributed by atoms with Crippen LogP contribution in [0.5, 0.6) is 0 Å². The van der Waals surface area contributed by atoms with E-state index in [0.717, 1.165) is 44.1 Å². The van der Waals surface area contributed by atoms with Gasteiger partial charge in [0.25, 0.3) is 5.91 Å². The number of rotatable bonds is 5. The van der Waals surface area contributed by atoms with E-state index in [1.807, 2.05) is 12.1 Å². The molecule has 1 saturated heterocycles. The SMILES string of the molecule is O=C(N[C@H]1CCCc2ccccc21)c1ccc(CS(=O)(=O)N2CCCCC2)cc1. The minimum atomic E-state index is -3.29. The number of aryl methyl sites for hydroxylation is 1. The van der Waals surface area contributed by atoms with Crippen molar-refractivity contribution >= 4 is 15.9 Å². The van der Waals surface area contributed by atoms with Gasteiger partial charge in [-0.15, -0.1) is 0 Å². The average Bonchev–Trinajstić information content (AvgIpc) is 2.75. The Kier molecular flexibility index (Phi) is 6.01. The minimum absolute atomic E-state index is 0.00903. The van der Waals surface area contributed by atoms with Crippen molar-refractivity contribution in [2.75, 3.05) is 13.1 Å². The molecule has 0 unspecified atom stereocenters. The molecule has 4 rings (SSSR count). The molecule has 0 aromatic heterocycles. The van der Waals surface area contributed by atoms with Crippen LogP contribution in [0, 0.1) is 0 Å². The lowest BCUT2D eigenvalue weighted by Crippen LogP contribution is -2.36. The predicted molar refractivity (Wildman–Crippen MR) is 114 cm³/mol. The highest BCUT2D eigenvalue weighted by Gasteiger charge is 2.25. The third-order valence-electron chi connectivity index (χ3n) is 5.95. The average molecular weight is 413 g/mol. The van der Waals surface area contributed by atoms with E-state index in [1.165, 1.54) is 11.1 Å². The summed E-state index contributed by atoms with van der Waals surface area (Å²) in [5.41, 5.74) is 3.79. The van der Waals surface area contributed by atoms with E-state index in [1.54, 1.807) is 28.6 Å². The van der Waals surface area contributed by atoms with Crippen LogP contribution in [0.3, 0.4) is 0 Å². The molecule has 2 aromatic carbocycles. The molecule has 154 valence electrons. The molecule has 0 saturated carbocycles. The van der Waals surface area contributed by atoms with Crippen molar-refractivity contribution in [3.8, 4) is 0 Å². The number of benzene rings is 2. The van der Waals surface area contributed by atoms with Crippen molar-refractivity contribution < 1.29 is 13.2 Å².